The molecule has 0 atom stereocenters. The van der Waals surface area contributed by atoms with Gasteiger partial charge < -0.3 is 9.32 Å². The number of benzene rings is 6. The fraction of sp³-hybridized carbons (Fsp3) is 0.122. The molecule has 2 aliphatic heterocycles. The maximum atomic E-state index is 6.84. The molecule has 0 saturated carbocycles. The van der Waals surface area contributed by atoms with Crippen molar-refractivity contribution in [1.29, 1.82) is 0 Å². The minimum Gasteiger partial charge on any atom is -0.456 e. The van der Waals surface area contributed by atoms with E-state index in [9.17, 15) is 0 Å². The molecule has 45 heavy (non-hydrogen) atoms. The molecule has 0 fully saturated rings. The summed E-state index contributed by atoms with van der Waals surface area (Å²) < 4.78 is 6.84. The van der Waals surface area contributed by atoms with E-state index in [2.05, 4.69) is 180 Å². The summed E-state index contributed by atoms with van der Waals surface area (Å²) in [7, 11) is 0. The molecule has 0 radical (unpaired) electrons. The molecule has 0 N–H and O–H groups in total. The van der Waals surface area contributed by atoms with Gasteiger partial charge in [-0.1, -0.05) is 105 Å². The fourth-order valence-corrected chi connectivity index (χ4v) is 13.0. The van der Waals surface area contributed by atoms with E-state index in [-0.39, 0.29) is 5.41 Å². The van der Waals surface area contributed by atoms with Crippen LogP contribution in [0.5, 0.6) is 0 Å². The number of hydrogen-bond acceptors (Lipinski definition) is 2. The number of thiol groups is 1. The number of halogens is 1. The van der Waals surface area contributed by atoms with Crippen molar-refractivity contribution in [1.82, 2.24) is 0 Å². The molecule has 0 saturated heterocycles. The number of hydrogen-bond donors (Lipinski definition) is 1. The highest BCUT2D eigenvalue weighted by Gasteiger charge is 2.50. The standard InChI is InChI=1S/C41H34INOS/c1-41(2)32-23-28(26-13-7-5-8-14-26)19-21-33(32)43-34-22-20-29(27-15-9-6-10-16-27)24-36(34)45(3,4,42)37-25-31-30-17-11-12-18-35(30)44-40(31)38(41)39(37)43/h5-25,45H,1-4H3. The Labute approximate surface area is 276 Å². The van der Waals surface area contributed by atoms with Crippen LogP contribution >= 0.6 is 27.5 Å². The number of para-hydroxylation sites is 1. The fourth-order valence-electron chi connectivity index (χ4n) is 7.85. The van der Waals surface area contributed by atoms with Gasteiger partial charge in [-0.15, -0.1) is 0 Å². The van der Waals surface area contributed by atoms with Gasteiger partial charge in [-0.3, -0.25) is 0 Å². The van der Waals surface area contributed by atoms with Crippen LogP contribution in [0.25, 0.3) is 44.2 Å². The highest BCUT2D eigenvalue weighted by atomic mass is 127. The lowest BCUT2D eigenvalue weighted by Crippen LogP contribution is -2.35. The molecule has 2 nitrogen and oxygen atoms in total. The number of nitrogens with zero attached hydrogens (tertiary/aromatic N) is 1. The molecule has 0 unspecified atom stereocenters. The Bertz CT molecular complexity index is 2350. The van der Waals surface area contributed by atoms with Gasteiger partial charge in [-0.2, -0.15) is 0 Å². The summed E-state index contributed by atoms with van der Waals surface area (Å²) in [5.74, 6) is 0. The van der Waals surface area contributed by atoms with Crippen LogP contribution in [0.1, 0.15) is 25.0 Å². The molecule has 0 aliphatic carbocycles. The smallest absolute Gasteiger partial charge is 0.141 e. The van der Waals surface area contributed by atoms with Crippen LogP contribution in [-0.4, -0.2) is 12.5 Å². The summed E-state index contributed by atoms with van der Waals surface area (Å²) in [6.07, 6.45) is 2.36. The highest BCUT2D eigenvalue weighted by molar-refractivity contribution is 14.2. The Morgan fingerprint density at radius 3 is 1.89 bits per heavy atom. The predicted octanol–water partition coefficient (Wildman–Crippen LogP) is 12.4. The van der Waals surface area contributed by atoms with Crippen molar-refractivity contribution in [2.24, 2.45) is 0 Å². The molecule has 2 aliphatic rings. The van der Waals surface area contributed by atoms with Crippen molar-refractivity contribution in [2.45, 2.75) is 29.1 Å². The Hall–Kier alpha value is -4.00. The monoisotopic (exact) mass is 715 g/mol. The zero-order valence-electron chi connectivity index (χ0n) is 25.8. The molecule has 7 aromatic rings. The molecule has 222 valence electrons. The first-order valence-corrected chi connectivity index (χ1v) is 21.5. The first-order valence-electron chi connectivity index (χ1n) is 15.5. The van der Waals surface area contributed by atoms with Crippen LogP contribution in [0.15, 0.2) is 142 Å². The average Bonchev–Trinajstić information content (AvgIpc) is 3.43. The summed E-state index contributed by atoms with van der Waals surface area (Å²) >= 11 is 2.86. The Morgan fingerprint density at radius 1 is 0.600 bits per heavy atom. The first-order chi connectivity index (χ1) is 21.6. The van der Waals surface area contributed by atoms with Crippen LogP contribution in [0.2, 0.25) is 0 Å². The second-order valence-electron chi connectivity index (χ2n) is 13.7. The zero-order valence-corrected chi connectivity index (χ0v) is 28.9. The van der Waals surface area contributed by atoms with Gasteiger partial charge >= 0.3 is 0 Å². The van der Waals surface area contributed by atoms with Gasteiger partial charge in [0.2, 0.25) is 0 Å². The summed E-state index contributed by atoms with van der Waals surface area (Å²) in [6.45, 7) is 4.78. The molecule has 0 spiro atoms. The maximum absolute atomic E-state index is 6.84. The predicted molar refractivity (Wildman–Crippen MR) is 203 cm³/mol. The lowest BCUT2D eigenvalue weighted by Gasteiger charge is -2.59. The summed E-state index contributed by atoms with van der Waals surface area (Å²) in [4.78, 5) is 5.44. The summed E-state index contributed by atoms with van der Waals surface area (Å²) in [5.41, 5.74) is 13.1. The largest absolute Gasteiger partial charge is 0.456 e. The van der Waals surface area contributed by atoms with Crippen molar-refractivity contribution in [3.8, 4) is 22.3 Å². The molecule has 0 amide bonds. The van der Waals surface area contributed by atoms with E-state index in [1.54, 1.807) is 0 Å². The van der Waals surface area contributed by atoms with Crippen LogP contribution in [0, 0.1) is 0 Å². The van der Waals surface area contributed by atoms with Crippen LogP contribution < -0.4 is 4.90 Å². The molecule has 9 rings (SSSR count). The van der Waals surface area contributed by atoms with Crippen molar-refractivity contribution in [3.63, 3.8) is 0 Å². The van der Waals surface area contributed by atoms with Gasteiger partial charge in [0.25, 0.3) is 0 Å². The molecule has 3 heterocycles. The Balaban J connectivity index is 1.43. The second-order valence-corrected chi connectivity index (χ2v) is 27.3. The molecule has 6 aromatic carbocycles. The Morgan fingerprint density at radius 2 is 1.20 bits per heavy atom. The minimum absolute atomic E-state index is 0.300. The van der Waals surface area contributed by atoms with Gasteiger partial charge in [0, 0.05) is 31.5 Å². The van der Waals surface area contributed by atoms with Gasteiger partial charge in [0.15, 0.2) is 0 Å². The number of rotatable bonds is 2. The number of anilines is 3. The summed E-state index contributed by atoms with van der Waals surface area (Å²) in [5, 5.41) is 2.40. The normalized spacial score (nSPS) is 17.6. The molecule has 1 aromatic heterocycles. The van der Waals surface area contributed by atoms with E-state index in [1.165, 1.54) is 71.0 Å². The Kier molecular flexibility index (Phi) is 5.49. The first kappa shape index (κ1) is 27.3. The van der Waals surface area contributed by atoms with E-state index in [0.717, 1.165) is 11.2 Å². The van der Waals surface area contributed by atoms with Crippen molar-refractivity contribution < 1.29 is 4.42 Å². The van der Waals surface area contributed by atoms with E-state index in [4.69, 9.17) is 4.42 Å². The summed E-state index contributed by atoms with van der Waals surface area (Å²) in [6, 6.07) is 46.8. The molecular formula is C41H34INOS. The number of furan rings is 1. The zero-order chi connectivity index (χ0) is 30.7. The molecular weight excluding hydrogens is 681 g/mol. The molecule has 0 bridgehead atoms. The van der Waals surface area contributed by atoms with Gasteiger partial charge in [-0.25, -0.2) is 6.33 Å². The van der Waals surface area contributed by atoms with Crippen molar-refractivity contribution in [2.75, 3.05) is 17.4 Å². The van der Waals surface area contributed by atoms with E-state index in [0.29, 0.717) is 0 Å². The topological polar surface area (TPSA) is 16.4 Å². The lowest BCUT2D eigenvalue weighted by atomic mass is 9.72. The van der Waals surface area contributed by atoms with E-state index >= 15 is 0 Å². The van der Waals surface area contributed by atoms with Crippen LogP contribution in [-0.2, 0) is 5.41 Å². The lowest BCUT2D eigenvalue weighted by molar-refractivity contribution is 0.600. The third-order valence-corrected chi connectivity index (χ3v) is 16.8. The number of fused-ring (bicyclic) bond motifs is 8. The van der Waals surface area contributed by atoms with Gasteiger partial charge in [0.1, 0.15) is 11.2 Å². The SMILES string of the molecule is CC1(C)c2cc(-c3ccccc3)ccc2N2c3ccc(-c4ccccc4)cc3[SH](C)(C)(I)c3cc4c(oc5ccccc54)c1c32. The van der Waals surface area contributed by atoms with Crippen molar-refractivity contribution >= 4 is 66.5 Å². The quantitative estimate of drug-likeness (QED) is 0.142. The van der Waals surface area contributed by atoms with Crippen molar-refractivity contribution in [3.05, 3.63) is 139 Å². The second kappa shape index (κ2) is 9.05. The van der Waals surface area contributed by atoms with E-state index in [1.807, 2.05) is 0 Å². The average molecular weight is 716 g/mol. The van der Waals surface area contributed by atoms with E-state index < -0.39 is 6.33 Å². The van der Waals surface area contributed by atoms with Gasteiger partial charge in [-0.05, 0) is 97.9 Å². The van der Waals surface area contributed by atoms with Crippen LogP contribution in [0.3, 0.4) is 0 Å². The highest BCUT2D eigenvalue weighted by Crippen LogP contribution is 2.88. The molecule has 4 heteroatoms. The third kappa shape index (κ3) is 3.70. The third-order valence-electron chi connectivity index (χ3n) is 10.2. The van der Waals surface area contributed by atoms with Gasteiger partial charge in [0.05, 0.1) is 17.1 Å². The van der Waals surface area contributed by atoms with Crippen LogP contribution in [0.4, 0.5) is 17.1 Å². The maximum Gasteiger partial charge on any atom is 0.141 e. The minimum atomic E-state index is -2.70.